The van der Waals surface area contributed by atoms with E-state index < -0.39 is 18.3 Å². The highest BCUT2D eigenvalue weighted by Gasteiger charge is 2.12. The number of benzene rings is 2. The first kappa shape index (κ1) is 27.3. The van der Waals surface area contributed by atoms with E-state index in [1.165, 1.54) is 25.3 Å². The van der Waals surface area contributed by atoms with E-state index in [1.807, 2.05) is 0 Å². The predicted octanol–water partition coefficient (Wildman–Crippen LogP) is 3.46. The van der Waals surface area contributed by atoms with E-state index in [2.05, 4.69) is 25.7 Å². The molecule has 32 heavy (non-hydrogen) atoms. The Morgan fingerprint density at radius 2 is 1.81 bits per heavy atom. The van der Waals surface area contributed by atoms with Gasteiger partial charge in [0.05, 0.1) is 7.11 Å². The van der Waals surface area contributed by atoms with E-state index >= 15 is 0 Å². The molecule has 2 rings (SSSR count). The Balaban J connectivity index is 0.00000512. The van der Waals surface area contributed by atoms with Gasteiger partial charge in [0.15, 0.2) is 5.96 Å². The van der Waals surface area contributed by atoms with Crippen LogP contribution in [0.25, 0.3) is 0 Å². The summed E-state index contributed by atoms with van der Waals surface area (Å²) in [5, 5.41) is 8.64. The second-order valence-corrected chi connectivity index (χ2v) is 6.42. The minimum absolute atomic E-state index is 0. The summed E-state index contributed by atoms with van der Waals surface area (Å²) in [6.45, 7) is -0.594. The molecule has 1 amide bonds. The molecule has 7 nitrogen and oxygen atoms in total. The Labute approximate surface area is 201 Å². The summed E-state index contributed by atoms with van der Waals surface area (Å²) < 4.78 is 48.5. The van der Waals surface area contributed by atoms with Crippen molar-refractivity contribution in [1.82, 2.24) is 16.0 Å². The molecule has 2 aromatic rings. The Bertz CT molecular complexity index is 929. The number of alkyl halides is 2. The van der Waals surface area contributed by atoms with Crippen LogP contribution >= 0.6 is 24.0 Å². The third kappa shape index (κ3) is 8.44. The van der Waals surface area contributed by atoms with Gasteiger partial charge < -0.3 is 25.4 Å². The van der Waals surface area contributed by atoms with Crippen LogP contribution in [0.3, 0.4) is 0 Å². The van der Waals surface area contributed by atoms with Crippen LogP contribution in [0.1, 0.15) is 21.5 Å². The fraction of sp³-hybridized carbons (Fsp3) is 0.333. The topological polar surface area (TPSA) is 84.0 Å². The van der Waals surface area contributed by atoms with Crippen molar-refractivity contribution >= 4 is 35.8 Å². The van der Waals surface area contributed by atoms with E-state index in [0.717, 1.165) is 0 Å². The fourth-order valence-electron chi connectivity index (χ4n) is 2.62. The lowest BCUT2D eigenvalue weighted by molar-refractivity contribution is -0.0505. The minimum Gasteiger partial charge on any atom is -0.497 e. The van der Waals surface area contributed by atoms with Crippen molar-refractivity contribution < 1.29 is 27.4 Å². The first-order valence-corrected chi connectivity index (χ1v) is 9.44. The van der Waals surface area contributed by atoms with E-state index in [-0.39, 0.29) is 48.4 Å². The maximum absolute atomic E-state index is 13.6. The molecule has 0 aromatic heterocycles. The molecule has 11 heteroatoms. The quantitative estimate of drug-likeness (QED) is 0.188. The average Bonchev–Trinajstić information content (AvgIpc) is 2.75. The standard InChI is InChI=1S/C21H25F3N4O3.HI/c1-13-4-5-14(11-17(13)22)19(29)26-8-9-27-21(25-2)28-12-15-10-16(30-3)6-7-18(15)31-20(23)24;/h4-7,10-11,20H,8-9,12H2,1-3H3,(H,26,29)(H2,25,27,28);1H. The maximum Gasteiger partial charge on any atom is 0.387 e. The third-order valence-electron chi connectivity index (χ3n) is 4.29. The molecule has 0 heterocycles. The number of carbonyl (C=O) groups excluding carboxylic acids is 1. The lowest BCUT2D eigenvalue weighted by Crippen LogP contribution is -2.41. The SMILES string of the molecule is CN=C(NCCNC(=O)c1ccc(C)c(F)c1)NCc1cc(OC)ccc1OC(F)F.I. The Morgan fingerprint density at radius 3 is 2.44 bits per heavy atom. The number of guanidine groups is 1. The molecule has 176 valence electrons. The fourth-order valence-corrected chi connectivity index (χ4v) is 2.62. The van der Waals surface area contributed by atoms with Gasteiger partial charge in [-0.3, -0.25) is 9.79 Å². The molecule has 2 aromatic carbocycles. The smallest absolute Gasteiger partial charge is 0.387 e. The average molecular weight is 566 g/mol. The number of carbonyl (C=O) groups is 1. The molecule has 0 saturated carbocycles. The number of hydrogen-bond donors (Lipinski definition) is 3. The van der Waals surface area contributed by atoms with Crippen LogP contribution in [0, 0.1) is 12.7 Å². The van der Waals surface area contributed by atoms with E-state index in [4.69, 9.17) is 4.74 Å². The molecule has 0 aliphatic heterocycles. The minimum atomic E-state index is -2.95. The van der Waals surface area contributed by atoms with Gasteiger partial charge in [0.2, 0.25) is 0 Å². The lowest BCUT2D eigenvalue weighted by Gasteiger charge is -2.15. The number of methoxy groups -OCH3 is 1. The zero-order chi connectivity index (χ0) is 22.8. The first-order chi connectivity index (χ1) is 14.8. The molecule has 0 unspecified atom stereocenters. The third-order valence-corrected chi connectivity index (χ3v) is 4.29. The molecule has 0 bridgehead atoms. The number of amides is 1. The number of hydrogen-bond acceptors (Lipinski definition) is 4. The van der Waals surface area contributed by atoms with Gasteiger partial charge in [0.1, 0.15) is 17.3 Å². The van der Waals surface area contributed by atoms with Gasteiger partial charge in [-0.25, -0.2) is 4.39 Å². The number of rotatable bonds is 9. The lowest BCUT2D eigenvalue weighted by atomic mass is 10.1. The largest absolute Gasteiger partial charge is 0.497 e. The van der Waals surface area contributed by atoms with Crippen molar-refractivity contribution in [3.8, 4) is 11.5 Å². The summed E-state index contributed by atoms with van der Waals surface area (Å²) in [5.41, 5.74) is 1.15. The Hall–Kier alpha value is -2.70. The Kier molecular flexibility index (Phi) is 11.7. The monoisotopic (exact) mass is 566 g/mol. The van der Waals surface area contributed by atoms with Crippen LogP contribution in [0.2, 0.25) is 0 Å². The van der Waals surface area contributed by atoms with Crippen molar-refractivity contribution in [2.24, 2.45) is 4.99 Å². The molecule has 3 N–H and O–H groups in total. The van der Waals surface area contributed by atoms with Gasteiger partial charge in [-0.15, -0.1) is 24.0 Å². The molecular weight excluding hydrogens is 540 g/mol. The van der Waals surface area contributed by atoms with E-state index in [9.17, 15) is 18.0 Å². The number of nitrogens with zero attached hydrogens (tertiary/aromatic N) is 1. The summed E-state index contributed by atoms with van der Waals surface area (Å²) in [4.78, 5) is 16.1. The van der Waals surface area contributed by atoms with Crippen molar-refractivity contribution in [1.29, 1.82) is 0 Å². The van der Waals surface area contributed by atoms with Gasteiger partial charge in [-0.05, 0) is 42.8 Å². The molecule has 0 atom stereocenters. The van der Waals surface area contributed by atoms with Gasteiger partial charge in [-0.1, -0.05) is 6.07 Å². The predicted molar refractivity (Wildman–Crippen MR) is 127 cm³/mol. The summed E-state index contributed by atoms with van der Waals surface area (Å²) in [6, 6.07) is 8.79. The van der Waals surface area contributed by atoms with Gasteiger partial charge in [0, 0.05) is 37.8 Å². The number of halogens is 4. The van der Waals surface area contributed by atoms with Crippen molar-refractivity contribution in [2.45, 2.75) is 20.1 Å². The molecule has 0 fully saturated rings. The van der Waals surface area contributed by atoms with Gasteiger partial charge >= 0.3 is 6.61 Å². The van der Waals surface area contributed by atoms with E-state index in [1.54, 1.807) is 32.2 Å². The van der Waals surface area contributed by atoms with Crippen LogP contribution < -0.4 is 25.4 Å². The maximum atomic E-state index is 13.6. The van der Waals surface area contributed by atoms with E-state index in [0.29, 0.717) is 29.4 Å². The highest BCUT2D eigenvalue weighted by molar-refractivity contribution is 14.0. The van der Waals surface area contributed by atoms with Crippen LogP contribution in [-0.2, 0) is 6.54 Å². The number of ether oxygens (including phenoxy) is 2. The van der Waals surface area contributed by atoms with Crippen LogP contribution in [0.4, 0.5) is 13.2 Å². The second kappa shape index (κ2) is 13.7. The molecule has 0 saturated heterocycles. The molecule has 0 aliphatic carbocycles. The summed E-state index contributed by atoms with van der Waals surface area (Å²) in [6.07, 6.45) is 0. The highest BCUT2D eigenvalue weighted by Crippen LogP contribution is 2.25. The van der Waals surface area contributed by atoms with Crippen LogP contribution in [0.15, 0.2) is 41.4 Å². The van der Waals surface area contributed by atoms with Crippen molar-refractivity contribution in [2.75, 3.05) is 27.2 Å². The van der Waals surface area contributed by atoms with Crippen LogP contribution in [0.5, 0.6) is 11.5 Å². The Morgan fingerprint density at radius 1 is 1.09 bits per heavy atom. The zero-order valence-corrected chi connectivity index (χ0v) is 20.2. The number of aliphatic imine (C=N–C) groups is 1. The summed E-state index contributed by atoms with van der Waals surface area (Å²) in [5.74, 6) is 0.0753. The second-order valence-electron chi connectivity index (χ2n) is 6.42. The summed E-state index contributed by atoms with van der Waals surface area (Å²) >= 11 is 0. The van der Waals surface area contributed by atoms with Crippen LogP contribution in [-0.4, -0.2) is 45.7 Å². The van der Waals surface area contributed by atoms with Crippen molar-refractivity contribution in [3.63, 3.8) is 0 Å². The number of aryl methyl sites for hydroxylation is 1. The molecule has 0 aliphatic rings. The normalized spacial score (nSPS) is 10.9. The van der Waals surface area contributed by atoms with Crippen molar-refractivity contribution in [3.05, 3.63) is 58.9 Å². The zero-order valence-electron chi connectivity index (χ0n) is 17.9. The summed E-state index contributed by atoms with van der Waals surface area (Å²) in [7, 11) is 3.02. The van der Waals surface area contributed by atoms with Gasteiger partial charge in [0.25, 0.3) is 5.91 Å². The number of nitrogens with one attached hydrogen (secondary N) is 3. The first-order valence-electron chi connectivity index (χ1n) is 9.44. The van der Waals surface area contributed by atoms with Gasteiger partial charge in [-0.2, -0.15) is 8.78 Å². The molecule has 0 radical (unpaired) electrons. The molecular formula is C21H26F3IN4O3. The molecule has 0 spiro atoms. The highest BCUT2D eigenvalue weighted by atomic mass is 127.